The highest BCUT2D eigenvalue weighted by Gasteiger charge is 2.45. The molecule has 0 unspecified atom stereocenters. The zero-order chi connectivity index (χ0) is 28.6. The Morgan fingerprint density at radius 1 is 1.22 bits per heavy atom. The Hall–Kier alpha value is -3.65. The molecule has 0 spiro atoms. The number of aromatic nitrogens is 2. The van der Waals surface area contributed by atoms with E-state index in [0.717, 1.165) is 4.90 Å². The normalized spacial score (nSPS) is 22.9. The number of alkyl halides is 5. The topological polar surface area (TPSA) is 50.6 Å². The number of fused-ring (bicyclic) bond motifs is 9. The van der Waals surface area contributed by atoms with Gasteiger partial charge in [-0.3, -0.25) is 9.69 Å². The molecule has 3 aliphatic rings. The summed E-state index contributed by atoms with van der Waals surface area (Å²) in [5.74, 6) is 5.02. The third-order valence-corrected chi connectivity index (χ3v) is 6.93. The Morgan fingerprint density at radius 2 is 2.03 bits per heavy atom. The fourth-order valence-electron chi connectivity index (χ4n) is 5.42. The van der Waals surface area contributed by atoms with Gasteiger partial charge in [-0.1, -0.05) is 17.9 Å². The lowest BCUT2D eigenvalue weighted by Crippen LogP contribution is -2.49. The molecule has 0 N–H and O–H groups in total. The summed E-state index contributed by atoms with van der Waals surface area (Å²) in [4.78, 5) is 20.1. The minimum Gasteiger partial charge on any atom is -0.434 e. The van der Waals surface area contributed by atoms with Crippen molar-refractivity contribution >= 4 is 16.9 Å². The summed E-state index contributed by atoms with van der Waals surface area (Å²) in [6.07, 6.45) is -4.17. The summed E-state index contributed by atoms with van der Waals surface area (Å²) in [6, 6.07) is 7.49. The number of halogens is 5. The summed E-state index contributed by atoms with van der Waals surface area (Å²) in [7, 11) is 0. The van der Waals surface area contributed by atoms with Gasteiger partial charge in [0.2, 0.25) is 0 Å². The van der Waals surface area contributed by atoms with Crippen LogP contribution in [-0.4, -0.2) is 64.7 Å². The molecule has 192 valence electrons. The minimum absolute atomic E-state index is 0.0429. The van der Waals surface area contributed by atoms with E-state index in [1.165, 1.54) is 23.1 Å². The number of benzene rings is 2. The molecule has 11 heteroatoms. The smallest absolute Gasteiger partial charge is 0.401 e. The second kappa shape index (κ2) is 8.45. The molecular weight excluding hydrogens is 495 g/mol. The Balaban J connectivity index is 1.42. The summed E-state index contributed by atoms with van der Waals surface area (Å²) in [5, 5.41) is 0. The quantitative estimate of drug-likeness (QED) is 0.375. The Morgan fingerprint density at radius 3 is 2.76 bits per heavy atom. The summed E-state index contributed by atoms with van der Waals surface area (Å²) < 4.78 is 95.0. The van der Waals surface area contributed by atoms with Gasteiger partial charge in [-0.25, -0.2) is 4.98 Å². The molecule has 37 heavy (non-hydrogen) atoms. The highest BCUT2D eigenvalue weighted by molar-refractivity contribution is 5.97. The maximum atomic E-state index is 13.5. The summed E-state index contributed by atoms with van der Waals surface area (Å²) >= 11 is 0. The molecule has 4 heterocycles. The summed E-state index contributed by atoms with van der Waals surface area (Å²) in [5.41, 5.74) is 1.71. The molecular formula is C26H21F5N4O2. The SMILES string of the molecule is [2H]C([2H])([2H])N1C(=O)c2cccc(OC(F)F)c2[C@H]2C[C@@H]1c1nc3ccc(C#CC4CN(CC(F)(F)F)C4)cc3n12. The van der Waals surface area contributed by atoms with Gasteiger partial charge >= 0.3 is 12.8 Å². The van der Waals surface area contributed by atoms with Crippen molar-refractivity contribution in [2.24, 2.45) is 5.92 Å². The molecule has 3 aliphatic heterocycles. The lowest BCUT2D eigenvalue weighted by molar-refractivity contribution is -0.156. The molecule has 1 amide bonds. The zero-order valence-electron chi connectivity index (χ0n) is 22.1. The van der Waals surface area contributed by atoms with Crippen molar-refractivity contribution in [2.45, 2.75) is 31.3 Å². The maximum Gasteiger partial charge on any atom is 0.401 e. The molecule has 0 aliphatic carbocycles. The average Bonchev–Trinajstić information content (AvgIpc) is 3.31. The molecule has 2 aromatic carbocycles. The molecule has 2 bridgehead atoms. The predicted molar refractivity (Wildman–Crippen MR) is 123 cm³/mol. The van der Waals surface area contributed by atoms with Gasteiger partial charge in [0.15, 0.2) is 0 Å². The molecule has 0 radical (unpaired) electrons. The average molecular weight is 519 g/mol. The molecule has 2 atom stereocenters. The largest absolute Gasteiger partial charge is 0.434 e. The van der Waals surface area contributed by atoms with Crippen LogP contribution in [-0.2, 0) is 0 Å². The number of hydrogen-bond donors (Lipinski definition) is 0. The third kappa shape index (κ3) is 4.09. The van der Waals surface area contributed by atoms with E-state index in [1.807, 2.05) is 0 Å². The number of carbonyl (C=O) groups is 1. The third-order valence-electron chi connectivity index (χ3n) is 6.93. The van der Waals surface area contributed by atoms with E-state index in [2.05, 4.69) is 16.8 Å². The van der Waals surface area contributed by atoms with Crippen LogP contribution >= 0.6 is 0 Å². The minimum atomic E-state index is -4.26. The Kier molecular flexibility index (Phi) is 4.66. The fraction of sp³-hybridized carbons (Fsp3) is 0.385. The second-order valence-electron chi connectivity index (χ2n) is 9.36. The van der Waals surface area contributed by atoms with E-state index in [9.17, 15) is 26.7 Å². The summed E-state index contributed by atoms with van der Waals surface area (Å²) in [6.45, 7) is -6.55. The number of carbonyl (C=O) groups excluding carboxylic acids is 1. The van der Waals surface area contributed by atoms with Crippen LogP contribution in [0.1, 0.15) is 49.9 Å². The van der Waals surface area contributed by atoms with Gasteiger partial charge in [-0.05, 0) is 30.3 Å². The van der Waals surface area contributed by atoms with Crippen LogP contribution in [0.2, 0.25) is 0 Å². The van der Waals surface area contributed by atoms with Gasteiger partial charge in [0.05, 0.1) is 29.7 Å². The van der Waals surface area contributed by atoms with Crippen molar-refractivity contribution in [3.8, 4) is 17.6 Å². The highest BCUT2D eigenvalue weighted by Crippen LogP contribution is 2.50. The van der Waals surface area contributed by atoms with Crippen molar-refractivity contribution in [1.82, 2.24) is 19.4 Å². The molecule has 1 fully saturated rings. The van der Waals surface area contributed by atoms with Crippen molar-refractivity contribution in [2.75, 3.05) is 26.6 Å². The van der Waals surface area contributed by atoms with Crippen molar-refractivity contribution < 1.29 is 35.6 Å². The van der Waals surface area contributed by atoms with Gasteiger partial charge in [-0.15, -0.1) is 0 Å². The van der Waals surface area contributed by atoms with Gasteiger partial charge in [0, 0.05) is 53.2 Å². The lowest BCUT2D eigenvalue weighted by Gasteiger charge is -2.36. The van der Waals surface area contributed by atoms with Crippen LogP contribution in [0.25, 0.3) is 11.0 Å². The first-order chi connectivity index (χ1) is 18.8. The molecule has 3 aromatic rings. The van der Waals surface area contributed by atoms with Crippen LogP contribution in [0.15, 0.2) is 36.4 Å². The van der Waals surface area contributed by atoms with E-state index >= 15 is 0 Å². The van der Waals surface area contributed by atoms with E-state index in [-0.39, 0.29) is 42.3 Å². The van der Waals surface area contributed by atoms with Gasteiger partial charge in [0.1, 0.15) is 11.6 Å². The Labute approximate surface area is 212 Å². The number of amides is 1. The number of rotatable bonds is 3. The molecule has 6 rings (SSSR count). The molecule has 1 aromatic heterocycles. The van der Waals surface area contributed by atoms with Crippen LogP contribution < -0.4 is 4.74 Å². The van der Waals surface area contributed by atoms with Crippen molar-refractivity contribution in [3.05, 3.63) is 58.9 Å². The zero-order valence-corrected chi connectivity index (χ0v) is 19.1. The standard InChI is InChI=1S/C26H21F5N4O2/c1-33-20-10-19(22-16(24(33)36)3-2-4-21(22)37-25(27)28)35-18-9-14(7-8-17(18)32-23(20)35)5-6-15-11-34(12-15)13-26(29,30)31/h2-4,7-9,15,19-20,25H,10-13H2,1H3/t19-,20-/m1/s1/i1D3. The number of likely N-dealkylation sites (tertiary alicyclic amines) is 1. The molecule has 0 saturated carbocycles. The Bertz CT molecular complexity index is 1570. The van der Waals surface area contributed by atoms with Crippen LogP contribution in [0.3, 0.4) is 0 Å². The van der Waals surface area contributed by atoms with E-state index < -0.39 is 44.3 Å². The second-order valence-corrected chi connectivity index (χ2v) is 9.36. The van der Waals surface area contributed by atoms with Crippen LogP contribution in [0.4, 0.5) is 22.0 Å². The first-order valence-electron chi connectivity index (χ1n) is 13.0. The number of imidazole rings is 1. The van der Waals surface area contributed by atoms with E-state index in [0.29, 0.717) is 22.4 Å². The number of hydrogen-bond acceptors (Lipinski definition) is 4. The number of ether oxygens (including phenoxy) is 1. The number of nitrogens with zero attached hydrogens (tertiary/aromatic N) is 4. The first kappa shape index (κ1) is 20.4. The monoisotopic (exact) mass is 519 g/mol. The molecule has 6 nitrogen and oxygen atoms in total. The van der Waals surface area contributed by atoms with Crippen molar-refractivity contribution in [3.63, 3.8) is 0 Å². The predicted octanol–water partition coefficient (Wildman–Crippen LogP) is 4.60. The first-order valence-corrected chi connectivity index (χ1v) is 11.5. The van der Waals surface area contributed by atoms with E-state index in [4.69, 9.17) is 8.85 Å². The van der Waals surface area contributed by atoms with E-state index in [1.54, 1.807) is 22.8 Å². The van der Waals surface area contributed by atoms with Gasteiger partial charge < -0.3 is 14.2 Å². The van der Waals surface area contributed by atoms with Gasteiger partial charge in [0.25, 0.3) is 5.91 Å². The van der Waals surface area contributed by atoms with Crippen LogP contribution in [0.5, 0.6) is 5.75 Å². The highest BCUT2D eigenvalue weighted by atomic mass is 19.4. The van der Waals surface area contributed by atoms with Crippen LogP contribution in [0, 0.1) is 17.8 Å². The lowest BCUT2D eigenvalue weighted by atomic mass is 9.97. The maximum absolute atomic E-state index is 13.5. The fourth-order valence-corrected chi connectivity index (χ4v) is 5.42. The van der Waals surface area contributed by atoms with Crippen molar-refractivity contribution in [1.29, 1.82) is 0 Å². The van der Waals surface area contributed by atoms with Gasteiger partial charge in [-0.2, -0.15) is 22.0 Å². The molecule has 1 saturated heterocycles.